The SMILES string of the molecule is CCC1CCC(C)N1CCNc1ccc(C)cc1. The molecule has 0 aromatic heterocycles. The zero-order valence-electron chi connectivity index (χ0n) is 11.9. The molecule has 1 saturated heterocycles. The quantitative estimate of drug-likeness (QED) is 0.852. The van der Waals surface area contributed by atoms with Crippen LogP contribution in [0.25, 0.3) is 0 Å². The Morgan fingerprint density at radius 1 is 1.22 bits per heavy atom. The van der Waals surface area contributed by atoms with Gasteiger partial charge < -0.3 is 5.32 Å². The van der Waals surface area contributed by atoms with Crippen molar-refractivity contribution in [1.29, 1.82) is 0 Å². The molecular weight excluding hydrogens is 220 g/mol. The Hall–Kier alpha value is -1.02. The van der Waals surface area contributed by atoms with Crippen molar-refractivity contribution in [3.63, 3.8) is 0 Å². The minimum atomic E-state index is 0.759. The fourth-order valence-corrected chi connectivity index (χ4v) is 2.97. The minimum absolute atomic E-state index is 0.759. The Kier molecular flexibility index (Phi) is 4.65. The maximum absolute atomic E-state index is 3.52. The maximum Gasteiger partial charge on any atom is 0.0340 e. The number of rotatable bonds is 5. The summed E-state index contributed by atoms with van der Waals surface area (Å²) >= 11 is 0. The molecule has 1 aliphatic heterocycles. The topological polar surface area (TPSA) is 15.3 Å². The fraction of sp³-hybridized carbons (Fsp3) is 0.625. The highest BCUT2D eigenvalue weighted by molar-refractivity contribution is 5.44. The largest absolute Gasteiger partial charge is 0.384 e. The summed E-state index contributed by atoms with van der Waals surface area (Å²) in [7, 11) is 0. The second-order valence-electron chi connectivity index (χ2n) is 5.52. The van der Waals surface area contributed by atoms with Crippen LogP contribution in [0.3, 0.4) is 0 Å². The lowest BCUT2D eigenvalue weighted by Crippen LogP contribution is -2.37. The van der Waals surface area contributed by atoms with Crippen LogP contribution < -0.4 is 5.32 Å². The first-order chi connectivity index (χ1) is 8.70. The first-order valence-corrected chi connectivity index (χ1v) is 7.27. The van der Waals surface area contributed by atoms with Crippen LogP contribution in [-0.2, 0) is 0 Å². The number of nitrogens with zero attached hydrogens (tertiary/aromatic N) is 1. The van der Waals surface area contributed by atoms with Gasteiger partial charge in [-0.25, -0.2) is 0 Å². The molecule has 100 valence electrons. The predicted molar refractivity (Wildman–Crippen MR) is 79.1 cm³/mol. The number of nitrogens with one attached hydrogen (secondary N) is 1. The average molecular weight is 246 g/mol. The monoisotopic (exact) mass is 246 g/mol. The zero-order valence-corrected chi connectivity index (χ0v) is 11.9. The van der Waals surface area contributed by atoms with Gasteiger partial charge in [0.05, 0.1) is 0 Å². The van der Waals surface area contributed by atoms with Crippen LogP contribution in [0, 0.1) is 6.92 Å². The lowest BCUT2D eigenvalue weighted by atomic mass is 10.1. The van der Waals surface area contributed by atoms with Crippen LogP contribution in [0.1, 0.15) is 38.7 Å². The van der Waals surface area contributed by atoms with Crippen molar-refractivity contribution in [2.45, 2.75) is 52.1 Å². The molecule has 2 unspecified atom stereocenters. The van der Waals surface area contributed by atoms with Crippen molar-refractivity contribution >= 4 is 5.69 Å². The van der Waals surface area contributed by atoms with Gasteiger partial charge in [-0.3, -0.25) is 4.90 Å². The summed E-state index contributed by atoms with van der Waals surface area (Å²) in [5.74, 6) is 0. The van der Waals surface area contributed by atoms with Crippen molar-refractivity contribution in [1.82, 2.24) is 4.90 Å². The Labute approximate surface area is 111 Å². The third-order valence-corrected chi connectivity index (χ3v) is 4.17. The highest BCUT2D eigenvalue weighted by Gasteiger charge is 2.28. The standard InChI is InChI=1S/C16H26N2/c1-4-16-10-7-14(3)18(16)12-11-17-15-8-5-13(2)6-9-15/h5-6,8-9,14,16-17H,4,7,10-12H2,1-3H3. The molecule has 1 heterocycles. The van der Waals surface area contributed by atoms with E-state index in [1.54, 1.807) is 0 Å². The molecule has 0 radical (unpaired) electrons. The van der Waals surface area contributed by atoms with Crippen LogP contribution >= 0.6 is 0 Å². The van der Waals surface area contributed by atoms with E-state index in [0.717, 1.165) is 25.2 Å². The first kappa shape index (κ1) is 13.4. The molecule has 0 saturated carbocycles. The van der Waals surface area contributed by atoms with Gasteiger partial charge in [-0.2, -0.15) is 0 Å². The molecule has 2 heteroatoms. The highest BCUT2D eigenvalue weighted by atomic mass is 15.2. The van der Waals surface area contributed by atoms with E-state index in [1.165, 1.54) is 30.5 Å². The molecule has 0 bridgehead atoms. The van der Waals surface area contributed by atoms with Gasteiger partial charge in [-0.05, 0) is 45.2 Å². The summed E-state index contributed by atoms with van der Waals surface area (Å²) in [6.45, 7) is 9.00. The zero-order chi connectivity index (χ0) is 13.0. The summed E-state index contributed by atoms with van der Waals surface area (Å²) in [4.78, 5) is 2.67. The Morgan fingerprint density at radius 3 is 2.61 bits per heavy atom. The number of aryl methyl sites for hydroxylation is 1. The van der Waals surface area contributed by atoms with E-state index in [0.29, 0.717) is 0 Å². The molecule has 1 N–H and O–H groups in total. The third kappa shape index (κ3) is 3.26. The summed E-state index contributed by atoms with van der Waals surface area (Å²) in [6, 6.07) is 10.2. The van der Waals surface area contributed by atoms with Gasteiger partial charge >= 0.3 is 0 Å². The molecule has 0 aliphatic carbocycles. The second-order valence-corrected chi connectivity index (χ2v) is 5.52. The Morgan fingerprint density at radius 2 is 1.94 bits per heavy atom. The molecule has 2 nitrogen and oxygen atoms in total. The van der Waals surface area contributed by atoms with Crippen LogP contribution in [0.2, 0.25) is 0 Å². The molecule has 2 rings (SSSR count). The number of anilines is 1. The van der Waals surface area contributed by atoms with Crippen molar-refractivity contribution in [3.05, 3.63) is 29.8 Å². The lowest BCUT2D eigenvalue weighted by molar-refractivity contribution is 0.207. The fourth-order valence-electron chi connectivity index (χ4n) is 2.97. The Bertz CT molecular complexity index is 358. The van der Waals surface area contributed by atoms with E-state index in [-0.39, 0.29) is 0 Å². The van der Waals surface area contributed by atoms with Crippen molar-refractivity contribution in [2.24, 2.45) is 0 Å². The van der Waals surface area contributed by atoms with E-state index >= 15 is 0 Å². The smallest absolute Gasteiger partial charge is 0.0340 e. The molecule has 0 spiro atoms. The molecule has 0 amide bonds. The molecular formula is C16H26N2. The molecule has 18 heavy (non-hydrogen) atoms. The maximum atomic E-state index is 3.52. The van der Waals surface area contributed by atoms with E-state index in [9.17, 15) is 0 Å². The van der Waals surface area contributed by atoms with Crippen LogP contribution in [0.4, 0.5) is 5.69 Å². The van der Waals surface area contributed by atoms with Gasteiger partial charge in [-0.15, -0.1) is 0 Å². The van der Waals surface area contributed by atoms with Gasteiger partial charge in [0.1, 0.15) is 0 Å². The van der Waals surface area contributed by atoms with E-state index in [2.05, 4.69) is 55.3 Å². The summed E-state index contributed by atoms with van der Waals surface area (Å²) in [5.41, 5.74) is 2.56. The van der Waals surface area contributed by atoms with Crippen LogP contribution in [0.5, 0.6) is 0 Å². The van der Waals surface area contributed by atoms with Crippen LogP contribution in [0.15, 0.2) is 24.3 Å². The third-order valence-electron chi connectivity index (χ3n) is 4.17. The second kappa shape index (κ2) is 6.24. The summed E-state index contributed by atoms with van der Waals surface area (Å²) in [5, 5.41) is 3.52. The Balaban J connectivity index is 1.79. The van der Waals surface area contributed by atoms with Gasteiger partial charge in [-0.1, -0.05) is 24.6 Å². The average Bonchev–Trinajstić information content (AvgIpc) is 2.73. The normalized spacial score (nSPS) is 24.4. The van der Waals surface area contributed by atoms with E-state index in [1.807, 2.05) is 0 Å². The van der Waals surface area contributed by atoms with Gasteiger partial charge in [0.2, 0.25) is 0 Å². The molecule has 1 aromatic rings. The molecule has 1 fully saturated rings. The van der Waals surface area contributed by atoms with Crippen LogP contribution in [-0.4, -0.2) is 30.1 Å². The van der Waals surface area contributed by atoms with Crippen molar-refractivity contribution in [3.8, 4) is 0 Å². The predicted octanol–water partition coefficient (Wildman–Crippen LogP) is 3.67. The molecule has 1 aromatic carbocycles. The highest BCUT2D eigenvalue weighted by Crippen LogP contribution is 2.25. The van der Waals surface area contributed by atoms with Gasteiger partial charge in [0.15, 0.2) is 0 Å². The van der Waals surface area contributed by atoms with E-state index < -0.39 is 0 Å². The molecule has 2 atom stereocenters. The van der Waals surface area contributed by atoms with Crippen molar-refractivity contribution < 1.29 is 0 Å². The number of hydrogen-bond donors (Lipinski definition) is 1. The summed E-state index contributed by atoms with van der Waals surface area (Å²) < 4.78 is 0. The number of benzene rings is 1. The summed E-state index contributed by atoms with van der Waals surface area (Å²) in [6.07, 6.45) is 4.03. The first-order valence-electron chi connectivity index (χ1n) is 7.27. The lowest BCUT2D eigenvalue weighted by Gasteiger charge is -2.27. The van der Waals surface area contributed by atoms with Gasteiger partial charge in [0.25, 0.3) is 0 Å². The molecule has 1 aliphatic rings. The number of hydrogen-bond acceptors (Lipinski definition) is 2. The van der Waals surface area contributed by atoms with Crippen molar-refractivity contribution in [2.75, 3.05) is 18.4 Å². The van der Waals surface area contributed by atoms with Gasteiger partial charge in [0, 0.05) is 30.9 Å². The van der Waals surface area contributed by atoms with E-state index in [4.69, 9.17) is 0 Å². The number of likely N-dealkylation sites (tertiary alicyclic amines) is 1. The minimum Gasteiger partial charge on any atom is -0.384 e.